The van der Waals surface area contributed by atoms with Crippen molar-refractivity contribution in [2.45, 2.75) is 26.2 Å². The van der Waals surface area contributed by atoms with Crippen molar-refractivity contribution in [3.05, 3.63) is 0 Å². The van der Waals surface area contributed by atoms with Crippen LogP contribution in [0.5, 0.6) is 0 Å². The van der Waals surface area contributed by atoms with Gasteiger partial charge in [-0.15, -0.1) is 0 Å². The highest BCUT2D eigenvalue weighted by molar-refractivity contribution is 7.89. The molecule has 5 nitrogen and oxygen atoms in total. The van der Waals surface area contributed by atoms with Crippen LogP contribution in [-0.4, -0.2) is 33.8 Å². The Labute approximate surface area is 84.9 Å². The molecule has 0 fully saturated rings. The minimum atomic E-state index is -3.21. The van der Waals surface area contributed by atoms with Gasteiger partial charge in [0.25, 0.3) is 0 Å². The second kappa shape index (κ2) is 6.78. The summed E-state index contributed by atoms with van der Waals surface area (Å²) < 4.78 is 29.1. The van der Waals surface area contributed by atoms with Gasteiger partial charge in [-0.25, -0.2) is 13.1 Å². The molecule has 14 heavy (non-hydrogen) atoms. The molecule has 0 saturated carbocycles. The molecule has 0 atom stereocenters. The van der Waals surface area contributed by atoms with E-state index in [0.717, 1.165) is 6.42 Å². The molecule has 1 N–H and O–H groups in total. The Hall–Kier alpha value is -0.620. The number of unbranched alkanes of at least 4 members (excludes halogenated alkanes) is 1. The first-order valence-corrected chi connectivity index (χ1v) is 6.21. The van der Waals surface area contributed by atoms with E-state index in [9.17, 15) is 13.2 Å². The van der Waals surface area contributed by atoms with Crippen LogP contribution < -0.4 is 4.72 Å². The summed E-state index contributed by atoms with van der Waals surface area (Å²) in [5.41, 5.74) is 0. The summed E-state index contributed by atoms with van der Waals surface area (Å²) in [4.78, 5) is 10.7. The van der Waals surface area contributed by atoms with Gasteiger partial charge in [-0.05, 0) is 6.42 Å². The smallest absolute Gasteiger partial charge is 0.306 e. The van der Waals surface area contributed by atoms with Gasteiger partial charge in [-0.1, -0.05) is 13.3 Å². The molecule has 0 aliphatic heterocycles. The van der Waals surface area contributed by atoms with E-state index in [1.807, 2.05) is 6.92 Å². The Morgan fingerprint density at radius 2 is 2.07 bits per heavy atom. The van der Waals surface area contributed by atoms with Gasteiger partial charge in [0, 0.05) is 6.54 Å². The van der Waals surface area contributed by atoms with E-state index < -0.39 is 16.0 Å². The van der Waals surface area contributed by atoms with Crippen molar-refractivity contribution in [3.8, 4) is 0 Å². The average Bonchev–Trinajstić information content (AvgIpc) is 2.14. The lowest BCUT2D eigenvalue weighted by atomic mass is 10.4. The van der Waals surface area contributed by atoms with Crippen LogP contribution >= 0.6 is 0 Å². The number of sulfonamides is 1. The Morgan fingerprint density at radius 3 is 2.57 bits per heavy atom. The number of esters is 1. The maximum Gasteiger partial charge on any atom is 0.306 e. The first-order chi connectivity index (χ1) is 6.52. The van der Waals surface area contributed by atoms with Gasteiger partial charge in [0.15, 0.2) is 0 Å². The second-order valence-corrected chi connectivity index (χ2v) is 4.82. The molecule has 0 spiro atoms. The van der Waals surface area contributed by atoms with Gasteiger partial charge in [-0.2, -0.15) is 0 Å². The van der Waals surface area contributed by atoms with Crippen molar-refractivity contribution < 1.29 is 17.9 Å². The Bertz CT molecular complexity index is 261. The van der Waals surface area contributed by atoms with E-state index in [0.29, 0.717) is 6.42 Å². The molecular formula is C8H17NO4S. The molecule has 0 rings (SSSR count). The lowest BCUT2D eigenvalue weighted by Gasteiger charge is -2.04. The summed E-state index contributed by atoms with van der Waals surface area (Å²) in [6.07, 6.45) is 1.54. The van der Waals surface area contributed by atoms with Gasteiger partial charge >= 0.3 is 5.97 Å². The van der Waals surface area contributed by atoms with Crippen molar-refractivity contribution in [1.29, 1.82) is 0 Å². The van der Waals surface area contributed by atoms with Crippen molar-refractivity contribution in [2.24, 2.45) is 0 Å². The molecule has 0 aliphatic carbocycles. The number of ether oxygens (including phenoxy) is 1. The van der Waals surface area contributed by atoms with Crippen molar-refractivity contribution in [2.75, 3.05) is 19.4 Å². The predicted octanol–water partition coefficient (Wildman–Crippen LogP) is 0.269. The highest BCUT2D eigenvalue weighted by Crippen LogP contribution is 1.93. The molecule has 84 valence electrons. The number of hydrogen-bond donors (Lipinski definition) is 1. The zero-order valence-corrected chi connectivity index (χ0v) is 9.39. The Balaban J connectivity index is 3.71. The third kappa shape index (κ3) is 6.85. The van der Waals surface area contributed by atoms with Crippen LogP contribution in [-0.2, 0) is 19.6 Å². The largest absolute Gasteiger partial charge is 0.469 e. The lowest BCUT2D eigenvalue weighted by molar-refractivity contribution is -0.140. The number of hydrogen-bond acceptors (Lipinski definition) is 4. The normalized spacial score (nSPS) is 11.3. The van der Waals surface area contributed by atoms with Crippen LogP contribution in [0.2, 0.25) is 0 Å². The van der Waals surface area contributed by atoms with E-state index in [2.05, 4.69) is 9.46 Å². The predicted molar refractivity (Wildman–Crippen MR) is 53.3 cm³/mol. The van der Waals surface area contributed by atoms with E-state index in [1.54, 1.807) is 0 Å². The van der Waals surface area contributed by atoms with Crippen molar-refractivity contribution in [3.63, 3.8) is 0 Å². The van der Waals surface area contributed by atoms with E-state index in [-0.39, 0.29) is 18.7 Å². The van der Waals surface area contributed by atoms with Crippen LogP contribution in [0.1, 0.15) is 26.2 Å². The summed E-state index contributed by atoms with van der Waals surface area (Å²) in [7, 11) is -1.93. The highest BCUT2D eigenvalue weighted by Gasteiger charge is 2.09. The molecule has 0 saturated heterocycles. The third-order valence-electron chi connectivity index (χ3n) is 1.65. The Morgan fingerprint density at radius 1 is 1.43 bits per heavy atom. The first kappa shape index (κ1) is 13.4. The van der Waals surface area contributed by atoms with Gasteiger partial charge in [0.1, 0.15) is 0 Å². The third-order valence-corrected chi connectivity index (χ3v) is 3.12. The minimum Gasteiger partial charge on any atom is -0.469 e. The van der Waals surface area contributed by atoms with E-state index in [4.69, 9.17) is 0 Å². The monoisotopic (exact) mass is 223 g/mol. The molecule has 6 heteroatoms. The zero-order chi connectivity index (χ0) is 11.0. The summed E-state index contributed by atoms with van der Waals surface area (Å²) >= 11 is 0. The summed E-state index contributed by atoms with van der Waals surface area (Å²) in [5, 5.41) is 0. The molecule has 0 aromatic heterocycles. The number of nitrogens with one attached hydrogen (secondary N) is 1. The van der Waals surface area contributed by atoms with Gasteiger partial charge < -0.3 is 4.74 Å². The number of carbonyl (C=O) groups excluding carboxylic acids is 1. The fourth-order valence-electron chi connectivity index (χ4n) is 0.817. The van der Waals surface area contributed by atoms with Crippen LogP contribution in [0.25, 0.3) is 0 Å². The van der Waals surface area contributed by atoms with Gasteiger partial charge in [0.2, 0.25) is 10.0 Å². The topological polar surface area (TPSA) is 72.5 Å². The molecule has 0 radical (unpaired) electrons. The fourth-order valence-corrected chi connectivity index (χ4v) is 2.04. The van der Waals surface area contributed by atoms with Crippen LogP contribution in [0.4, 0.5) is 0 Å². The van der Waals surface area contributed by atoms with E-state index in [1.165, 1.54) is 7.11 Å². The van der Waals surface area contributed by atoms with Crippen molar-refractivity contribution >= 4 is 16.0 Å². The summed E-state index contributed by atoms with van der Waals surface area (Å²) in [6.45, 7) is 2.03. The molecule has 0 amide bonds. The lowest BCUT2D eigenvalue weighted by Crippen LogP contribution is -2.28. The van der Waals surface area contributed by atoms with Gasteiger partial charge in [-0.3, -0.25) is 4.79 Å². The number of methoxy groups -OCH3 is 1. The SMILES string of the molecule is CCCCS(=O)(=O)NCCC(=O)OC. The molecule has 0 bridgehead atoms. The standard InChI is InChI=1S/C8H17NO4S/c1-3-4-7-14(11,12)9-6-5-8(10)13-2/h9H,3-7H2,1-2H3. The minimum absolute atomic E-state index is 0.0713. The molecule has 0 aromatic rings. The molecule has 0 heterocycles. The summed E-state index contributed by atoms with van der Waals surface area (Å²) in [6, 6.07) is 0. The molecule has 0 aliphatic rings. The maximum atomic E-state index is 11.2. The molecular weight excluding hydrogens is 206 g/mol. The van der Waals surface area contributed by atoms with Crippen LogP contribution in [0, 0.1) is 0 Å². The number of rotatable bonds is 7. The van der Waals surface area contributed by atoms with Gasteiger partial charge in [0.05, 0.1) is 19.3 Å². The molecule has 0 aromatic carbocycles. The average molecular weight is 223 g/mol. The summed E-state index contributed by atoms with van der Waals surface area (Å²) in [5.74, 6) is -0.298. The first-order valence-electron chi connectivity index (χ1n) is 4.56. The number of carbonyl (C=O) groups is 1. The van der Waals surface area contributed by atoms with E-state index >= 15 is 0 Å². The maximum absolute atomic E-state index is 11.2. The van der Waals surface area contributed by atoms with Crippen LogP contribution in [0.15, 0.2) is 0 Å². The molecule has 0 unspecified atom stereocenters. The van der Waals surface area contributed by atoms with Crippen LogP contribution in [0.3, 0.4) is 0 Å². The Kier molecular flexibility index (Phi) is 6.48. The fraction of sp³-hybridized carbons (Fsp3) is 0.875. The van der Waals surface area contributed by atoms with Crippen molar-refractivity contribution in [1.82, 2.24) is 4.72 Å². The second-order valence-electron chi connectivity index (χ2n) is 2.89. The zero-order valence-electron chi connectivity index (χ0n) is 8.58. The highest BCUT2D eigenvalue weighted by atomic mass is 32.2. The quantitative estimate of drug-likeness (QED) is 0.629.